The van der Waals surface area contributed by atoms with Gasteiger partial charge in [0.05, 0.1) is 23.7 Å². The van der Waals surface area contributed by atoms with Gasteiger partial charge in [-0.2, -0.15) is 9.78 Å². The van der Waals surface area contributed by atoms with Gasteiger partial charge in [0.25, 0.3) is 5.56 Å². The second-order valence-corrected chi connectivity index (χ2v) is 7.27. The third kappa shape index (κ3) is 4.40. The van der Waals surface area contributed by atoms with Gasteiger partial charge in [-0.15, -0.1) is 6.58 Å². The van der Waals surface area contributed by atoms with Crippen LogP contribution in [0.4, 0.5) is 0 Å². The lowest BCUT2D eigenvalue weighted by molar-refractivity contribution is 0.317. The molecule has 0 bridgehead atoms. The third-order valence-corrected chi connectivity index (χ3v) is 4.85. The molecule has 3 aromatic rings. The van der Waals surface area contributed by atoms with E-state index in [4.69, 9.17) is 4.74 Å². The lowest BCUT2D eigenvalue weighted by Crippen LogP contribution is -2.22. The van der Waals surface area contributed by atoms with Crippen LogP contribution < -0.4 is 10.3 Å². The summed E-state index contributed by atoms with van der Waals surface area (Å²) in [5, 5.41) is 15.2. The van der Waals surface area contributed by atoms with E-state index >= 15 is 0 Å². The second kappa shape index (κ2) is 9.05. The van der Waals surface area contributed by atoms with E-state index in [1.807, 2.05) is 26.0 Å². The maximum Gasteiger partial charge on any atom is 0.282 e. The Labute approximate surface area is 177 Å². The number of aromatic nitrogens is 2. The normalized spacial score (nSPS) is 11.3. The number of aromatic hydroxyl groups is 1. The molecule has 150 valence electrons. The Morgan fingerprint density at radius 1 is 1.31 bits per heavy atom. The number of rotatable bonds is 7. The zero-order valence-electron chi connectivity index (χ0n) is 16.4. The summed E-state index contributed by atoms with van der Waals surface area (Å²) in [5.74, 6) is 1.03. The molecule has 0 atom stereocenters. The minimum Gasteiger partial charge on any atom is -0.504 e. The molecule has 0 radical (unpaired) electrons. The molecule has 0 spiro atoms. The first-order valence-electron chi connectivity index (χ1n) is 9.33. The third-order valence-electron chi connectivity index (χ3n) is 4.35. The number of hydrogen-bond donors (Lipinski definition) is 1. The summed E-state index contributed by atoms with van der Waals surface area (Å²) in [4.78, 5) is 17.6. The van der Waals surface area contributed by atoms with Gasteiger partial charge >= 0.3 is 0 Å². The maximum absolute atomic E-state index is 13.0. The van der Waals surface area contributed by atoms with Crippen molar-refractivity contribution in [3.63, 3.8) is 0 Å². The van der Waals surface area contributed by atoms with Crippen LogP contribution in [0.3, 0.4) is 0 Å². The Morgan fingerprint density at radius 3 is 2.79 bits per heavy atom. The zero-order chi connectivity index (χ0) is 21.0. The summed E-state index contributed by atoms with van der Waals surface area (Å²) in [6, 6.07) is 8.89. The van der Waals surface area contributed by atoms with Crippen LogP contribution >= 0.6 is 15.9 Å². The lowest BCUT2D eigenvalue weighted by atomic mass is 10.1. The highest BCUT2D eigenvalue weighted by molar-refractivity contribution is 9.10. The molecule has 0 saturated heterocycles. The minimum atomic E-state index is -0.237. The van der Waals surface area contributed by atoms with Crippen LogP contribution in [-0.2, 0) is 12.8 Å². The molecule has 1 N–H and O–H groups in total. The largest absolute Gasteiger partial charge is 0.504 e. The summed E-state index contributed by atoms with van der Waals surface area (Å²) >= 11 is 3.39. The van der Waals surface area contributed by atoms with Crippen LogP contribution in [0.15, 0.2) is 57.4 Å². The number of phenols is 1. The van der Waals surface area contributed by atoms with Gasteiger partial charge in [-0.3, -0.25) is 4.79 Å². The summed E-state index contributed by atoms with van der Waals surface area (Å²) in [7, 11) is 0. The van der Waals surface area contributed by atoms with E-state index in [0.717, 1.165) is 4.47 Å². The Bertz CT molecular complexity index is 1150. The predicted octanol–water partition coefficient (Wildman–Crippen LogP) is 4.44. The topological polar surface area (TPSA) is 76.7 Å². The van der Waals surface area contributed by atoms with E-state index in [0.29, 0.717) is 53.1 Å². The molecule has 6 nitrogen and oxygen atoms in total. The quantitative estimate of drug-likeness (QED) is 0.422. The zero-order valence-corrected chi connectivity index (χ0v) is 17.9. The first-order chi connectivity index (χ1) is 14.0. The van der Waals surface area contributed by atoms with Gasteiger partial charge in [0, 0.05) is 16.5 Å². The number of aryl methyl sites for hydroxylation is 1. The highest BCUT2D eigenvalue weighted by Gasteiger charge is 2.12. The van der Waals surface area contributed by atoms with E-state index in [-0.39, 0.29) is 11.3 Å². The van der Waals surface area contributed by atoms with Crippen molar-refractivity contribution < 1.29 is 9.84 Å². The van der Waals surface area contributed by atoms with Crippen molar-refractivity contribution in [3.05, 3.63) is 74.8 Å². The number of ether oxygens (including phenoxy) is 1. The van der Waals surface area contributed by atoms with Crippen LogP contribution in [0, 0.1) is 0 Å². The van der Waals surface area contributed by atoms with Gasteiger partial charge in [0.15, 0.2) is 11.5 Å². The van der Waals surface area contributed by atoms with Crippen molar-refractivity contribution in [2.75, 3.05) is 6.61 Å². The molecule has 0 aliphatic heterocycles. The number of allylic oxidation sites excluding steroid dienone is 1. The molecule has 0 aliphatic rings. The minimum absolute atomic E-state index is 0.0903. The Hall–Kier alpha value is -2.93. The molecule has 2 aromatic carbocycles. The molecule has 1 aromatic heterocycles. The van der Waals surface area contributed by atoms with Gasteiger partial charge in [0.2, 0.25) is 0 Å². The summed E-state index contributed by atoms with van der Waals surface area (Å²) in [6.07, 6.45) is 4.32. The molecule has 0 amide bonds. The molecule has 1 heterocycles. The molecule has 0 fully saturated rings. The SMILES string of the molecule is C=CCc1cc(C=Nn2c(CC)nc3ccc(Br)cc3c2=O)cc(OCC)c1O. The standard InChI is InChI=1S/C22H22BrN3O3/c1-4-7-15-10-14(11-19(21(15)27)29-6-3)13-24-26-20(5-2)25-18-9-8-16(23)12-17(18)22(26)28/h4,8-13,27H,1,5-7H2,2-3H3. The highest BCUT2D eigenvalue weighted by atomic mass is 79.9. The maximum atomic E-state index is 13.0. The molecule has 7 heteroatoms. The number of fused-ring (bicyclic) bond motifs is 1. The highest BCUT2D eigenvalue weighted by Crippen LogP contribution is 2.32. The average molecular weight is 456 g/mol. The van der Waals surface area contributed by atoms with Crippen molar-refractivity contribution in [2.24, 2.45) is 5.10 Å². The molecule has 3 rings (SSSR count). The van der Waals surface area contributed by atoms with Crippen LogP contribution in [-0.4, -0.2) is 27.6 Å². The van der Waals surface area contributed by atoms with Crippen LogP contribution in [0.5, 0.6) is 11.5 Å². The average Bonchev–Trinajstić information content (AvgIpc) is 2.71. The summed E-state index contributed by atoms with van der Waals surface area (Å²) in [5.41, 5.74) is 1.78. The fourth-order valence-corrected chi connectivity index (χ4v) is 3.37. The van der Waals surface area contributed by atoms with Gasteiger partial charge in [-0.05, 0) is 49.2 Å². The van der Waals surface area contributed by atoms with Crippen molar-refractivity contribution in [1.29, 1.82) is 0 Å². The number of nitrogens with zero attached hydrogens (tertiary/aromatic N) is 3. The number of benzene rings is 2. The molecule has 0 aliphatic carbocycles. The fraction of sp³-hybridized carbons (Fsp3) is 0.227. The van der Waals surface area contributed by atoms with E-state index < -0.39 is 0 Å². The Kier molecular flexibility index (Phi) is 6.49. The van der Waals surface area contributed by atoms with Crippen LogP contribution in [0.2, 0.25) is 0 Å². The molecule has 29 heavy (non-hydrogen) atoms. The molecular weight excluding hydrogens is 434 g/mol. The van der Waals surface area contributed by atoms with E-state index in [9.17, 15) is 9.90 Å². The number of phenolic OH excluding ortho intramolecular Hbond substituents is 1. The molecule has 0 saturated carbocycles. The van der Waals surface area contributed by atoms with Gasteiger partial charge in [-0.25, -0.2) is 4.98 Å². The van der Waals surface area contributed by atoms with Gasteiger partial charge in [0.1, 0.15) is 5.82 Å². The Morgan fingerprint density at radius 2 is 2.10 bits per heavy atom. The number of hydrogen-bond acceptors (Lipinski definition) is 5. The van der Waals surface area contributed by atoms with Crippen molar-refractivity contribution in [2.45, 2.75) is 26.7 Å². The molecule has 0 unspecified atom stereocenters. The van der Waals surface area contributed by atoms with Gasteiger partial charge < -0.3 is 9.84 Å². The van der Waals surface area contributed by atoms with E-state index in [2.05, 4.69) is 32.6 Å². The van der Waals surface area contributed by atoms with E-state index in [1.165, 1.54) is 4.68 Å². The smallest absolute Gasteiger partial charge is 0.282 e. The monoisotopic (exact) mass is 455 g/mol. The first kappa shape index (κ1) is 20.8. The van der Waals surface area contributed by atoms with E-state index in [1.54, 1.807) is 30.5 Å². The van der Waals surface area contributed by atoms with Crippen LogP contribution in [0.1, 0.15) is 30.8 Å². The first-order valence-corrected chi connectivity index (χ1v) is 10.1. The fourth-order valence-electron chi connectivity index (χ4n) is 3.01. The van der Waals surface area contributed by atoms with Crippen molar-refractivity contribution in [3.8, 4) is 11.5 Å². The van der Waals surface area contributed by atoms with Crippen LogP contribution in [0.25, 0.3) is 10.9 Å². The summed E-state index contributed by atoms with van der Waals surface area (Å²) < 4.78 is 7.64. The second-order valence-electron chi connectivity index (χ2n) is 6.36. The number of halogens is 1. The Balaban J connectivity index is 2.12. The van der Waals surface area contributed by atoms with Crippen molar-refractivity contribution in [1.82, 2.24) is 9.66 Å². The molecular formula is C22H22BrN3O3. The predicted molar refractivity (Wildman–Crippen MR) is 119 cm³/mol. The van der Waals surface area contributed by atoms with Gasteiger partial charge in [-0.1, -0.05) is 28.9 Å². The lowest BCUT2D eigenvalue weighted by Gasteiger charge is -2.11. The van der Waals surface area contributed by atoms with Crippen molar-refractivity contribution >= 4 is 33.0 Å². The summed E-state index contributed by atoms with van der Waals surface area (Å²) in [6.45, 7) is 7.92.